The highest BCUT2D eigenvalue weighted by molar-refractivity contribution is 5.76. The predicted octanol–water partition coefficient (Wildman–Crippen LogP) is 3.49. The van der Waals surface area contributed by atoms with Crippen LogP contribution in [0.2, 0.25) is 0 Å². The number of rotatable bonds is 5. The number of hydrogen-bond acceptors (Lipinski definition) is 4. The van der Waals surface area contributed by atoms with Crippen molar-refractivity contribution in [3.05, 3.63) is 29.8 Å². The van der Waals surface area contributed by atoms with E-state index in [1.54, 1.807) is 7.11 Å². The van der Waals surface area contributed by atoms with Crippen LogP contribution in [0.4, 0.5) is 0 Å². The van der Waals surface area contributed by atoms with Crippen molar-refractivity contribution in [3.8, 4) is 5.75 Å². The van der Waals surface area contributed by atoms with Crippen LogP contribution in [0.1, 0.15) is 56.9 Å². The maximum Gasteiger partial charge on any atom is 0.313 e. The van der Waals surface area contributed by atoms with Crippen LogP contribution >= 0.6 is 0 Å². The zero-order valence-corrected chi connectivity index (χ0v) is 16.9. The zero-order chi connectivity index (χ0) is 19.8. The van der Waals surface area contributed by atoms with Gasteiger partial charge in [-0.05, 0) is 61.6 Å². The molecule has 28 heavy (non-hydrogen) atoms. The molecule has 2 atom stereocenters. The Balaban J connectivity index is 1.50. The third-order valence-corrected chi connectivity index (χ3v) is 7.66. The van der Waals surface area contributed by atoms with E-state index in [-0.39, 0.29) is 0 Å². The molecule has 2 aliphatic carbocycles. The first kappa shape index (κ1) is 19.7. The SMILES string of the molecule is COc1cccc(C[C@@]2(C(=O)O)CN(C3CC4(CCCCC4)C3)CC[C@H]2O)c1. The Morgan fingerprint density at radius 2 is 2.00 bits per heavy atom. The second-order valence-corrected chi connectivity index (χ2v) is 9.39. The van der Waals surface area contributed by atoms with Gasteiger partial charge in [0.2, 0.25) is 0 Å². The lowest BCUT2D eigenvalue weighted by atomic mass is 9.57. The van der Waals surface area contributed by atoms with Crippen molar-refractivity contribution < 1.29 is 19.7 Å². The number of carboxylic acid groups (broad SMARTS) is 1. The molecule has 2 N–H and O–H groups in total. The zero-order valence-electron chi connectivity index (χ0n) is 16.9. The highest BCUT2D eigenvalue weighted by atomic mass is 16.5. The summed E-state index contributed by atoms with van der Waals surface area (Å²) in [4.78, 5) is 14.8. The summed E-state index contributed by atoms with van der Waals surface area (Å²) in [5.74, 6) is -0.169. The summed E-state index contributed by atoms with van der Waals surface area (Å²) < 4.78 is 5.29. The number of piperidine rings is 1. The minimum atomic E-state index is -1.15. The van der Waals surface area contributed by atoms with Gasteiger partial charge in [0, 0.05) is 19.1 Å². The maximum atomic E-state index is 12.4. The van der Waals surface area contributed by atoms with E-state index in [0.717, 1.165) is 17.9 Å². The summed E-state index contributed by atoms with van der Waals surface area (Å²) >= 11 is 0. The van der Waals surface area contributed by atoms with Crippen LogP contribution in [-0.4, -0.2) is 53.4 Å². The minimum absolute atomic E-state index is 0.328. The van der Waals surface area contributed by atoms with Crippen LogP contribution in [0.15, 0.2) is 24.3 Å². The van der Waals surface area contributed by atoms with E-state index in [4.69, 9.17) is 4.74 Å². The number of likely N-dealkylation sites (tertiary alicyclic amines) is 1. The van der Waals surface area contributed by atoms with Gasteiger partial charge in [0.25, 0.3) is 0 Å². The molecule has 0 unspecified atom stereocenters. The lowest BCUT2D eigenvalue weighted by Crippen LogP contribution is -2.62. The molecule has 3 fully saturated rings. The number of ether oxygens (including phenoxy) is 1. The standard InChI is InChI=1S/C23H33NO4/c1-28-19-7-5-6-17(12-19)13-23(21(26)27)16-24(11-8-20(23)25)18-14-22(15-18)9-3-2-4-10-22/h5-7,12,18,20,25H,2-4,8-11,13-16H2,1H3,(H,26,27)/t20-,23-/m1/s1. The van der Waals surface area contributed by atoms with Gasteiger partial charge < -0.3 is 14.9 Å². The molecule has 3 aliphatic rings. The molecule has 2 saturated carbocycles. The number of aliphatic hydroxyl groups excluding tert-OH is 1. The van der Waals surface area contributed by atoms with Crippen LogP contribution in [0, 0.1) is 10.8 Å². The van der Waals surface area contributed by atoms with Crippen LogP contribution in [0.3, 0.4) is 0 Å². The fourth-order valence-electron chi connectivity index (χ4n) is 5.94. The van der Waals surface area contributed by atoms with Gasteiger partial charge in [0.15, 0.2) is 0 Å². The van der Waals surface area contributed by atoms with Gasteiger partial charge in [-0.1, -0.05) is 31.4 Å². The second-order valence-electron chi connectivity index (χ2n) is 9.39. The third kappa shape index (κ3) is 3.55. The van der Waals surface area contributed by atoms with E-state index in [9.17, 15) is 15.0 Å². The number of aliphatic hydroxyl groups is 1. The topological polar surface area (TPSA) is 70.0 Å². The van der Waals surface area contributed by atoms with Crippen molar-refractivity contribution in [1.29, 1.82) is 0 Å². The second kappa shape index (κ2) is 7.68. The van der Waals surface area contributed by atoms with Crippen LogP contribution in [0.5, 0.6) is 5.75 Å². The Kier molecular flexibility index (Phi) is 5.41. The summed E-state index contributed by atoms with van der Waals surface area (Å²) in [5, 5.41) is 20.9. The van der Waals surface area contributed by atoms with Gasteiger partial charge in [-0.25, -0.2) is 0 Å². The van der Waals surface area contributed by atoms with E-state index in [0.29, 0.717) is 30.8 Å². The summed E-state index contributed by atoms with van der Waals surface area (Å²) in [5.41, 5.74) is 0.275. The van der Waals surface area contributed by atoms with Crippen molar-refractivity contribution in [2.75, 3.05) is 20.2 Å². The monoisotopic (exact) mass is 387 g/mol. The highest BCUT2D eigenvalue weighted by Crippen LogP contribution is 2.54. The Morgan fingerprint density at radius 1 is 1.25 bits per heavy atom. The summed E-state index contributed by atoms with van der Waals surface area (Å²) in [6, 6.07) is 8.04. The third-order valence-electron chi connectivity index (χ3n) is 7.66. The van der Waals surface area contributed by atoms with Crippen LogP contribution < -0.4 is 4.74 Å². The van der Waals surface area contributed by atoms with Gasteiger partial charge in [-0.3, -0.25) is 9.69 Å². The van der Waals surface area contributed by atoms with Crippen LogP contribution in [-0.2, 0) is 11.2 Å². The van der Waals surface area contributed by atoms with Gasteiger partial charge >= 0.3 is 5.97 Å². The molecule has 1 aliphatic heterocycles. The molecule has 1 aromatic rings. The number of hydrogen-bond donors (Lipinski definition) is 2. The normalized spacial score (nSPS) is 30.7. The van der Waals surface area contributed by atoms with Gasteiger partial charge in [-0.15, -0.1) is 0 Å². The van der Waals surface area contributed by atoms with Gasteiger partial charge in [-0.2, -0.15) is 0 Å². The van der Waals surface area contributed by atoms with E-state index in [2.05, 4.69) is 4.90 Å². The number of carbonyl (C=O) groups is 1. The van der Waals surface area contributed by atoms with Crippen molar-refractivity contribution in [2.24, 2.45) is 10.8 Å². The summed E-state index contributed by atoms with van der Waals surface area (Å²) in [6.45, 7) is 1.23. The van der Waals surface area contributed by atoms with Crippen molar-refractivity contribution in [1.82, 2.24) is 4.90 Å². The minimum Gasteiger partial charge on any atom is -0.497 e. The fraction of sp³-hybridized carbons (Fsp3) is 0.696. The molecule has 1 saturated heterocycles. The first-order valence-corrected chi connectivity index (χ1v) is 10.7. The quantitative estimate of drug-likeness (QED) is 0.809. The average Bonchev–Trinajstić information content (AvgIpc) is 2.68. The van der Waals surface area contributed by atoms with Crippen molar-refractivity contribution >= 4 is 5.97 Å². The van der Waals surface area contributed by atoms with E-state index in [1.807, 2.05) is 24.3 Å². The lowest BCUT2D eigenvalue weighted by Gasteiger charge is -2.57. The summed E-state index contributed by atoms with van der Waals surface area (Å²) in [6.07, 6.45) is 9.19. The Hall–Kier alpha value is -1.59. The summed E-state index contributed by atoms with van der Waals surface area (Å²) in [7, 11) is 1.61. The molecule has 0 aromatic heterocycles. The fourth-order valence-corrected chi connectivity index (χ4v) is 5.94. The maximum absolute atomic E-state index is 12.4. The Morgan fingerprint density at radius 3 is 2.68 bits per heavy atom. The van der Waals surface area contributed by atoms with E-state index >= 15 is 0 Å². The Labute approximate surface area is 167 Å². The molecule has 154 valence electrons. The highest BCUT2D eigenvalue weighted by Gasteiger charge is 2.53. The molecule has 5 heteroatoms. The first-order valence-electron chi connectivity index (χ1n) is 10.7. The first-order chi connectivity index (χ1) is 13.5. The molecule has 4 rings (SSSR count). The number of aliphatic carboxylic acids is 1. The molecule has 1 aromatic carbocycles. The number of benzene rings is 1. The van der Waals surface area contributed by atoms with Gasteiger partial charge in [0.05, 0.1) is 13.2 Å². The molecule has 0 amide bonds. The number of methoxy groups -OCH3 is 1. The predicted molar refractivity (Wildman–Crippen MR) is 108 cm³/mol. The van der Waals surface area contributed by atoms with Crippen LogP contribution in [0.25, 0.3) is 0 Å². The molecule has 0 bridgehead atoms. The van der Waals surface area contributed by atoms with Crippen molar-refractivity contribution in [3.63, 3.8) is 0 Å². The average molecular weight is 388 g/mol. The van der Waals surface area contributed by atoms with Crippen molar-refractivity contribution in [2.45, 2.75) is 69.9 Å². The smallest absolute Gasteiger partial charge is 0.313 e. The number of carboxylic acids is 1. The molecule has 1 spiro atoms. The van der Waals surface area contributed by atoms with E-state index in [1.165, 1.54) is 44.9 Å². The lowest BCUT2D eigenvalue weighted by molar-refractivity contribution is -0.168. The molecular weight excluding hydrogens is 354 g/mol. The molecular formula is C23H33NO4. The largest absolute Gasteiger partial charge is 0.497 e. The molecule has 1 heterocycles. The Bertz CT molecular complexity index is 706. The van der Waals surface area contributed by atoms with E-state index < -0.39 is 17.5 Å². The van der Waals surface area contributed by atoms with Gasteiger partial charge in [0.1, 0.15) is 11.2 Å². The molecule has 5 nitrogen and oxygen atoms in total. The number of nitrogens with zero attached hydrogens (tertiary/aromatic N) is 1. The molecule has 0 radical (unpaired) electrons.